The fourth-order valence-electron chi connectivity index (χ4n) is 5.03. The normalized spacial score (nSPS) is 17.7. The highest BCUT2D eigenvalue weighted by Gasteiger charge is 2.27. The van der Waals surface area contributed by atoms with E-state index in [2.05, 4.69) is 35.5 Å². The summed E-state index contributed by atoms with van der Waals surface area (Å²) >= 11 is 0. The fourth-order valence-corrected chi connectivity index (χ4v) is 5.03. The molecule has 1 unspecified atom stereocenters. The third-order valence-electron chi connectivity index (χ3n) is 6.86. The number of carbonyl (C=O) groups excluding carboxylic acids is 2. The molecule has 2 aliphatic rings. The van der Waals surface area contributed by atoms with Gasteiger partial charge in [0.2, 0.25) is 0 Å². The van der Waals surface area contributed by atoms with Gasteiger partial charge in [0.15, 0.2) is 0 Å². The first-order chi connectivity index (χ1) is 16.8. The summed E-state index contributed by atoms with van der Waals surface area (Å²) in [6, 6.07) is 13.2. The number of anilines is 2. The van der Waals surface area contributed by atoms with Gasteiger partial charge in [0.1, 0.15) is 0 Å². The zero-order valence-electron chi connectivity index (χ0n) is 19.6. The Morgan fingerprint density at radius 1 is 1.09 bits per heavy atom. The van der Waals surface area contributed by atoms with E-state index in [0.29, 0.717) is 34.3 Å². The number of hydrogen-bond acceptors (Lipinski definition) is 3. The number of H-pyrrole nitrogens is 1. The van der Waals surface area contributed by atoms with Gasteiger partial charge in [0.05, 0.1) is 11.1 Å². The molecule has 0 saturated carbocycles. The Morgan fingerprint density at radius 3 is 2.54 bits per heavy atom. The topological polar surface area (TPSA) is 111 Å². The molecule has 3 aromatic rings. The SMILES string of the molecule is CC(C)C1CCCc2[nH]c(C=C3C(=O)Nc4ccc(NC(=O)c5ccc(C(=O)O)cc5)cc43)cc21. The van der Waals surface area contributed by atoms with Gasteiger partial charge in [0.25, 0.3) is 11.8 Å². The van der Waals surface area contributed by atoms with E-state index in [9.17, 15) is 14.4 Å². The second-order valence-corrected chi connectivity index (χ2v) is 9.51. The summed E-state index contributed by atoms with van der Waals surface area (Å²) in [5.41, 5.74) is 6.49. The lowest BCUT2D eigenvalue weighted by Crippen LogP contribution is -2.13. The van der Waals surface area contributed by atoms with Crippen molar-refractivity contribution in [1.82, 2.24) is 4.98 Å². The minimum Gasteiger partial charge on any atom is -0.478 e. The number of aromatic carboxylic acids is 1. The summed E-state index contributed by atoms with van der Waals surface area (Å²) in [7, 11) is 0. The van der Waals surface area contributed by atoms with Crippen molar-refractivity contribution in [3.63, 3.8) is 0 Å². The molecule has 0 spiro atoms. The van der Waals surface area contributed by atoms with Crippen LogP contribution in [0.15, 0.2) is 48.5 Å². The van der Waals surface area contributed by atoms with Gasteiger partial charge in [-0.05, 0) is 91.3 Å². The van der Waals surface area contributed by atoms with Crippen LogP contribution in [0.1, 0.15) is 75.8 Å². The van der Waals surface area contributed by atoms with Crippen LogP contribution in [-0.2, 0) is 11.2 Å². The van der Waals surface area contributed by atoms with Gasteiger partial charge in [-0.15, -0.1) is 0 Å². The van der Waals surface area contributed by atoms with E-state index in [4.69, 9.17) is 5.11 Å². The van der Waals surface area contributed by atoms with Crippen molar-refractivity contribution in [3.8, 4) is 0 Å². The fraction of sp³-hybridized carbons (Fsp3) is 0.250. The van der Waals surface area contributed by atoms with Gasteiger partial charge in [-0.1, -0.05) is 13.8 Å². The van der Waals surface area contributed by atoms with Gasteiger partial charge in [0, 0.05) is 33.9 Å². The van der Waals surface area contributed by atoms with Crippen molar-refractivity contribution < 1.29 is 19.5 Å². The predicted octanol–water partition coefficient (Wildman–Crippen LogP) is 5.53. The largest absolute Gasteiger partial charge is 0.478 e. The Kier molecular flexibility index (Phi) is 5.76. The molecular formula is C28H27N3O4. The van der Waals surface area contributed by atoms with E-state index >= 15 is 0 Å². The molecule has 1 atom stereocenters. The molecule has 0 fully saturated rings. The summed E-state index contributed by atoms with van der Waals surface area (Å²) in [5, 5.41) is 14.8. The molecule has 2 amide bonds. The standard InChI is InChI=1S/C28H27N3O4/c1-15(2)20-4-3-5-24-21(20)13-19(29-24)14-23-22-12-18(10-11-25(22)31-27(23)33)30-26(32)16-6-8-17(9-7-16)28(34)35/h6-15,20,29H,3-5H2,1-2H3,(H,30,32)(H,31,33)(H,34,35). The van der Waals surface area contributed by atoms with Crippen molar-refractivity contribution in [1.29, 1.82) is 0 Å². The first kappa shape index (κ1) is 22.7. The Balaban J connectivity index is 1.41. The number of benzene rings is 2. The number of fused-ring (bicyclic) bond motifs is 2. The zero-order chi connectivity index (χ0) is 24.7. The average molecular weight is 470 g/mol. The van der Waals surface area contributed by atoms with E-state index in [0.717, 1.165) is 24.1 Å². The molecule has 7 nitrogen and oxygen atoms in total. The minimum atomic E-state index is -1.05. The molecular weight excluding hydrogens is 442 g/mol. The van der Waals surface area contributed by atoms with Crippen LogP contribution in [0.3, 0.4) is 0 Å². The summed E-state index contributed by atoms with van der Waals surface area (Å²) in [6.07, 6.45) is 5.25. The minimum absolute atomic E-state index is 0.115. The monoisotopic (exact) mass is 469 g/mol. The molecule has 0 radical (unpaired) electrons. The van der Waals surface area contributed by atoms with Crippen LogP contribution in [0.5, 0.6) is 0 Å². The number of carbonyl (C=O) groups is 3. The second kappa shape index (κ2) is 8.91. The van der Waals surface area contributed by atoms with Crippen LogP contribution in [-0.4, -0.2) is 27.9 Å². The van der Waals surface area contributed by atoms with Crippen LogP contribution in [0.4, 0.5) is 11.4 Å². The van der Waals surface area contributed by atoms with Crippen molar-refractivity contribution in [2.45, 2.75) is 39.0 Å². The number of rotatable bonds is 5. The lowest BCUT2D eigenvalue weighted by atomic mass is 9.80. The lowest BCUT2D eigenvalue weighted by Gasteiger charge is -2.25. The molecule has 1 aliphatic carbocycles. The number of aryl methyl sites for hydroxylation is 1. The van der Waals surface area contributed by atoms with Crippen LogP contribution in [0.2, 0.25) is 0 Å². The number of carboxylic acids is 1. The van der Waals surface area contributed by atoms with Crippen LogP contribution >= 0.6 is 0 Å². The van der Waals surface area contributed by atoms with Gasteiger partial charge in [-0.25, -0.2) is 4.79 Å². The van der Waals surface area contributed by atoms with Gasteiger partial charge in [-0.3, -0.25) is 9.59 Å². The highest BCUT2D eigenvalue weighted by atomic mass is 16.4. The average Bonchev–Trinajstić information content (AvgIpc) is 3.39. The van der Waals surface area contributed by atoms with Crippen molar-refractivity contribution >= 4 is 40.8 Å². The van der Waals surface area contributed by atoms with Crippen molar-refractivity contribution in [3.05, 3.63) is 82.2 Å². The van der Waals surface area contributed by atoms with Crippen LogP contribution in [0.25, 0.3) is 11.6 Å². The maximum absolute atomic E-state index is 12.8. The first-order valence-corrected chi connectivity index (χ1v) is 11.8. The van der Waals surface area contributed by atoms with E-state index in [1.165, 1.54) is 41.9 Å². The van der Waals surface area contributed by atoms with E-state index in [-0.39, 0.29) is 17.4 Å². The smallest absolute Gasteiger partial charge is 0.335 e. The van der Waals surface area contributed by atoms with Crippen molar-refractivity contribution in [2.24, 2.45) is 5.92 Å². The number of carboxylic acid groups (broad SMARTS) is 1. The van der Waals surface area contributed by atoms with Gasteiger partial charge >= 0.3 is 5.97 Å². The third kappa shape index (κ3) is 4.37. The van der Waals surface area contributed by atoms with Gasteiger partial charge in [-0.2, -0.15) is 0 Å². The van der Waals surface area contributed by atoms with Crippen LogP contribution in [0, 0.1) is 5.92 Å². The van der Waals surface area contributed by atoms with Crippen molar-refractivity contribution in [2.75, 3.05) is 10.6 Å². The zero-order valence-corrected chi connectivity index (χ0v) is 19.6. The van der Waals surface area contributed by atoms with E-state index in [1.807, 2.05) is 6.08 Å². The molecule has 2 heterocycles. The first-order valence-electron chi connectivity index (χ1n) is 11.8. The third-order valence-corrected chi connectivity index (χ3v) is 6.86. The Morgan fingerprint density at radius 2 is 1.83 bits per heavy atom. The van der Waals surface area contributed by atoms with E-state index in [1.54, 1.807) is 18.2 Å². The summed E-state index contributed by atoms with van der Waals surface area (Å²) in [5.74, 6) is -0.498. The molecule has 4 N–H and O–H groups in total. The maximum atomic E-state index is 12.8. The Bertz CT molecular complexity index is 1370. The molecule has 0 bridgehead atoms. The number of aromatic amines is 1. The number of hydrogen-bond donors (Lipinski definition) is 4. The molecule has 5 rings (SSSR count). The maximum Gasteiger partial charge on any atom is 0.335 e. The molecule has 0 saturated heterocycles. The van der Waals surface area contributed by atoms with E-state index < -0.39 is 5.97 Å². The molecule has 1 aliphatic heterocycles. The lowest BCUT2D eigenvalue weighted by molar-refractivity contribution is -0.110. The summed E-state index contributed by atoms with van der Waals surface area (Å²) in [6.45, 7) is 4.50. The molecule has 2 aromatic carbocycles. The molecule has 1 aromatic heterocycles. The van der Waals surface area contributed by atoms with Gasteiger partial charge < -0.3 is 20.7 Å². The second-order valence-electron chi connectivity index (χ2n) is 9.51. The number of amides is 2. The number of nitrogens with one attached hydrogen (secondary N) is 3. The Hall–Kier alpha value is -4.13. The quantitative estimate of drug-likeness (QED) is 0.368. The predicted molar refractivity (Wildman–Crippen MR) is 136 cm³/mol. The molecule has 7 heteroatoms. The summed E-state index contributed by atoms with van der Waals surface area (Å²) in [4.78, 5) is 40.0. The number of aromatic nitrogens is 1. The molecule has 178 valence electrons. The Labute approximate surface area is 203 Å². The summed E-state index contributed by atoms with van der Waals surface area (Å²) < 4.78 is 0. The highest BCUT2D eigenvalue weighted by molar-refractivity contribution is 6.35. The van der Waals surface area contributed by atoms with Crippen LogP contribution < -0.4 is 10.6 Å². The molecule has 35 heavy (non-hydrogen) atoms. The highest BCUT2D eigenvalue weighted by Crippen LogP contribution is 2.39.